The number of nitrogen functional groups attached to an aromatic ring is 1. The second-order valence-electron chi connectivity index (χ2n) is 5.95. The fourth-order valence-corrected chi connectivity index (χ4v) is 3.52. The average Bonchev–Trinajstić information content (AvgIpc) is 2.41. The van der Waals surface area contributed by atoms with E-state index in [1.165, 1.54) is 24.6 Å². The fourth-order valence-electron chi connectivity index (χ4n) is 2.79. The number of anilines is 1. The highest BCUT2D eigenvalue weighted by molar-refractivity contribution is 7.99. The highest BCUT2D eigenvalue weighted by Crippen LogP contribution is 2.29. The van der Waals surface area contributed by atoms with E-state index in [4.69, 9.17) is 5.73 Å². The van der Waals surface area contributed by atoms with Gasteiger partial charge in [-0.2, -0.15) is 0 Å². The maximum Gasteiger partial charge on any atom is 0.230 e. The molecular weight excluding hydrogens is 284 g/mol. The quantitative estimate of drug-likeness (QED) is 0.659. The molecule has 1 aliphatic rings. The summed E-state index contributed by atoms with van der Waals surface area (Å²) in [5, 5.41) is 3.71. The number of nitrogens with zero attached hydrogens (tertiary/aromatic N) is 2. The van der Waals surface area contributed by atoms with E-state index in [0.717, 1.165) is 12.1 Å². The molecule has 116 valence electrons. The Balaban J connectivity index is 1.84. The van der Waals surface area contributed by atoms with Gasteiger partial charge in [0, 0.05) is 17.8 Å². The van der Waals surface area contributed by atoms with Crippen LogP contribution in [0.4, 0.5) is 5.82 Å². The number of thioether (sulfide) groups is 1. The first-order chi connectivity index (χ1) is 9.95. The van der Waals surface area contributed by atoms with Crippen LogP contribution in [0.5, 0.6) is 0 Å². The summed E-state index contributed by atoms with van der Waals surface area (Å²) in [6.07, 6.45) is 3.54. The molecule has 1 saturated carbocycles. The van der Waals surface area contributed by atoms with E-state index in [2.05, 4.69) is 29.1 Å². The molecule has 1 aliphatic carbocycles. The molecule has 0 spiro atoms. The largest absolute Gasteiger partial charge is 0.384 e. The number of nitrogens with two attached hydrogens (primary N) is 1. The smallest absolute Gasteiger partial charge is 0.230 e. The van der Waals surface area contributed by atoms with Gasteiger partial charge in [-0.25, -0.2) is 9.97 Å². The third kappa shape index (κ3) is 4.59. The van der Waals surface area contributed by atoms with Gasteiger partial charge in [-0.1, -0.05) is 38.5 Å². The van der Waals surface area contributed by atoms with E-state index in [1.807, 2.05) is 6.92 Å². The number of aryl methyl sites for hydroxylation is 1. The van der Waals surface area contributed by atoms with Gasteiger partial charge in [-0.15, -0.1) is 0 Å². The lowest BCUT2D eigenvalue weighted by Crippen LogP contribution is -2.44. The van der Waals surface area contributed by atoms with E-state index in [1.54, 1.807) is 6.07 Å². The van der Waals surface area contributed by atoms with Gasteiger partial charge >= 0.3 is 0 Å². The molecule has 3 atom stereocenters. The predicted octanol–water partition coefficient (Wildman–Crippen LogP) is 2.40. The maximum absolute atomic E-state index is 12.1. The topological polar surface area (TPSA) is 80.9 Å². The van der Waals surface area contributed by atoms with E-state index in [-0.39, 0.29) is 5.91 Å². The first-order valence-electron chi connectivity index (χ1n) is 7.49. The number of amides is 1. The lowest BCUT2D eigenvalue weighted by Gasteiger charge is -2.34. The van der Waals surface area contributed by atoms with E-state index >= 15 is 0 Å². The summed E-state index contributed by atoms with van der Waals surface area (Å²) in [4.78, 5) is 20.5. The lowest BCUT2D eigenvalue weighted by atomic mass is 9.78. The summed E-state index contributed by atoms with van der Waals surface area (Å²) < 4.78 is 0. The van der Waals surface area contributed by atoms with Crippen LogP contribution in [-0.4, -0.2) is 27.7 Å². The molecule has 3 N–H and O–H groups in total. The summed E-state index contributed by atoms with van der Waals surface area (Å²) >= 11 is 1.33. The normalized spacial score (nSPS) is 25.6. The molecule has 1 aromatic heterocycles. The molecule has 0 bridgehead atoms. The Morgan fingerprint density at radius 3 is 2.90 bits per heavy atom. The molecule has 1 aromatic rings. The summed E-state index contributed by atoms with van der Waals surface area (Å²) in [6.45, 7) is 6.36. The Morgan fingerprint density at radius 1 is 1.43 bits per heavy atom. The molecule has 6 heteroatoms. The number of nitrogens with one attached hydrogen (secondary N) is 1. The van der Waals surface area contributed by atoms with Gasteiger partial charge in [-0.3, -0.25) is 4.79 Å². The van der Waals surface area contributed by atoms with Crippen molar-refractivity contribution in [3.8, 4) is 0 Å². The molecule has 1 amide bonds. The van der Waals surface area contributed by atoms with Crippen LogP contribution in [0.3, 0.4) is 0 Å². The zero-order valence-corrected chi connectivity index (χ0v) is 13.7. The molecule has 0 radical (unpaired) electrons. The van der Waals surface area contributed by atoms with Crippen LogP contribution in [0.1, 0.15) is 38.8 Å². The summed E-state index contributed by atoms with van der Waals surface area (Å²) in [5.74, 6) is 2.05. The third-order valence-corrected chi connectivity index (χ3v) is 5.09. The minimum atomic E-state index is 0.0506. The van der Waals surface area contributed by atoms with Crippen molar-refractivity contribution in [1.29, 1.82) is 0 Å². The highest BCUT2D eigenvalue weighted by Gasteiger charge is 2.28. The second kappa shape index (κ2) is 7.11. The highest BCUT2D eigenvalue weighted by atomic mass is 32.2. The molecule has 21 heavy (non-hydrogen) atoms. The molecule has 5 nitrogen and oxygen atoms in total. The number of carbonyl (C=O) groups excluding carboxylic acids is 1. The number of aromatic nitrogens is 2. The van der Waals surface area contributed by atoms with Crippen molar-refractivity contribution < 1.29 is 4.79 Å². The Morgan fingerprint density at radius 2 is 2.19 bits per heavy atom. The van der Waals surface area contributed by atoms with Crippen molar-refractivity contribution in [3.05, 3.63) is 11.8 Å². The standard InChI is InChI=1S/C15H24N4OS/c1-9-5-4-6-12(11(9)3)18-14(20)8-21-15-17-10(2)7-13(16)19-15/h7,9,11-12H,4-6,8H2,1-3H3,(H,18,20)(H2,16,17,19)/t9-,11-,12+/m0/s1. The van der Waals surface area contributed by atoms with Crippen LogP contribution in [0.25, 0.3) is 0 Å². The van der Waals surface area contributed by atoms with Crippen LogP contribution in [-0.2, 0) is 4.79 Å². The van der Waals surface area contributed by atoms with Crippen molar-refractivity contribution in [1.82, 2.24) is 15.3 Å². The average molecular weight is 308 g/mol. The lowest BCUT2D eigenvalue weighted by molar-refractivity contribution is -0.120. The summed E-state index contributed by atoms with van der Waals surface area (Å²) in [5.41, 5.74) is 6.50. The van der Waals surface area contributed by atoms with E-state index in [0.29, 0.717) is 34.6 Å². The van der Waals surface area contributed by atoms with Gasteiger partial charge in [0.05, 0.1) is 5.75 Å². The van der Waals surface area contributed by atoms with Crippen LogP contribution < -0.4 is 11.1 Å². The first kappa shape index (κ1) is 16.1. The Kier molecular flexibility index (Phi) is 5.45. The SMILES string of the molecule is Cc1cc(N)nc(SCC(=O)N[C@@H]2CCC[C@H](C)[C@@H]2C)n1. The first-order valence-corrected chi connectivity index (χ1v) is 8.47. The molecule has 0 saturated heterocycles. The van der Waals surface area contributed by atoms with Crippen LogP contribution in [0.15, 0.2) is 11.2 Å². The second-order valence-corrected chi connectivity index (χ2v) is 6.89. The van der Waals surface area contributed by atoms with Crippen molar-refractivity contribution in [3.63, 3.8) is 0 Å². The number of hydrogen-bond acceptors (Lipinski definition) is 5. The summed E-state index contributed by atoms with van der Waals surface area (Å²) in [6, 6.07) is 2.01. The molecule has 2 rings (SSSR count). The van der Waals surface area contributed by atoms with Crippen LogP contribution in [0.2, 0.25) is 0 Å². The Hall–Kier alpha value is -1.30. The maximum atomic E-state index is 12.1. The molecule has 0 aliphatic heterocycles. The Bertz CT molecular complexity index is 488. The monoisotopic (exact) mass is 308 g/mol. The number of hydrogen-bond donors (Lipinski definition) is 2. The van der Waals surface area contributed by atoms with Crippen molar-refractivity contribution in [2.45, 2.75) is 51.2 Å². The van der Waals surface area contributed by atoms with Gasteiger partial charge in [0.2, 0.25) is 5.91 Å². The molecular formula is C15H24N4OS. The molecule has 0 unspecified atom stereocenters. The molecule has 1 heterocycles. The minimum Gasteiger partial charge on any atom is -0.384 e. The van der Waals surface area contributed by atoms with Crippen LogP contribution >= 0.6 is 11.8 Å². The summed E-state index contributed by atoms with van der Waals surface area (Å²) in [7, 11) is 0. The van der Waals surface area contributed by atoms with Gasteiger partial charge in [-0.05, 0) is 25.2 Å². The van der Waals surface area contributed by atoms with Crippen molar-refractivity contribution in [2.75, 3.05) is 11.5 Å². The van der Waals surface area contributed by atoms with E-state index in [9.17, 15) is 4.79 Å². The minimum absolute atomic E-state index is 0.0506. The van der Waals surface area contributed by atoms with E-state index < -0.39 is 0 Å². The van der Waals surface area contributed by atoms with Gasteiger partial charge in [0.15, 0.2) is 5.16 Å². The molecule has 1 fully saturated rings. The third-order valence-electron chi connectivity index (χ3n) is 4.24. The van der Waals surface area contributed by atoms with Gasteiger partial charge in [0.1, 0.15) is 5.82 Å². The fraction of sp³-hybridized carbons (Fsp3) is 0.667. The van der Waals surface area contributed by atoms with Gasteiger partial charge in [0.25, 0.3) is 0 Å². The van der Waals surface area contributed by atoms with Crippen molar-refractivity contribution in [2.24, 2.45) is 11.8 Å². The Labute approximate surface area is 130 Å². The zero-order valence-electron chi connectivity index (χ0n) is 12.9. The zero-order chi connectivity index (χ0) is 15.4. The number of carbonyl (C=O) groups is 1. The van der Waals surface area contributed by atoms with Gasteiger partial charge < -0.3 is 11.1 Å². The number of rotatable bonds is 4. The van der Waals surface area contributed by atoms with Crippen molar-refractivity contribution >= 4 is 23.5 Å². The molecule has 0 aromatic carbocycles. The predicted molar refractivity (Wildman–Crippen MR) is 86.0 cm³/mol. The van der Waals surface area contributed by atoms with Crippen LogP contribution in [0, 0.1) is 18.8 Å².